The molecule has 0 radical (unpaired) electrons. The Morgan fingerprint density at radius 2 is 0.824 bits per heavy atom. The molecule has 0 atom stereocenters. The number of ether oxygens (including phenoxy) is 2. The molecule has 6 aromatic heterocycles. The van der Waals surface area contributed by atoms with Gasteiger partial charge in [0.1, 0.15) is 56.4 Å². The van der Waals surface area contributed by atoms with E-state index in [9.17, 15) is 58.7 Å². The molecule has 760 valence electrons. The van der Waals surface area contributed by atoms with Crippen LogP contribution in [-0.4, -0.2) is 94.5 Å². The summed E-state index contributed by atoms with van der Waals surface area (Å²) in [6.07, 6.45) is 8.83. The summed E-state index contributed by atoms with van der Waals surface area (Å²) in [6, 6.07) is 132. The molecule has 21 nitrogen and oxygen atoms in total. The summed E-state index contributed by atoms with van der Waals surface area (Å²) in [5.74, 6) is 3.01. The number of hydrogen-bond acceptors (Lipinski definition) is 20. The van der Waals surface area contributed by atoms with Crippen LogP contribution in [0, 0.1) is 0 Å². The average Bonchev–Trinajstić information content (AvgIpc) is 1.45. The lowest BCUT2D eigenvalue weighted by Gasteiger charge is -2.32. The first kappa shape index (κ1) is 113. The molecule has 6 heterocycles. The molecular formula is C112H104F5N11O10P4S6-2. The number of sulfonamides is 2. The summed E-state index contributed by atoms with van der Waals surface area (Å²) < 4.78 is 130. The number of aromatic nitrogens is 8. The molecule has 148 heavy (non-hydrogen) atoms. The molecule has 20 rings (SSSR count). The summed E-state index contributed by atoms with van der Waals surface area (Å²) in [5.41, 5.74) is 1.92. The maximum Gasteiger partial charge on any atom is 0.512 e. The predicted octanol–water partition coefficient (Wildman–Crippen LogP) is 22.7. The van der Waals surface area contributed by atoms with E-state index in [0.717, 1.165) is 95.3 Å². The highest BCUT2D eigenvalue weighted by molar-refractivity contribution is 8.24. The molecule has 4 N–H and O–H groups in total. The Bertz CT molecular complexity index is 7810. The highest BCUT2D eigenvalue weighted by atomic mass is 32.4. The van der Waals surface area contributed by atoms with Gasteiger partial charge in [0.05, 0.1) is 62.6 Å². The largest absolute Gasteiger partial charge is 0.876 e. The number of alkyl halides is 5. The molecule has 0 unspecified atom stereocenters. The van der Waals surface area contributed by atoms with Gasteiger partial charge in [-0.05, 0) is 150 Å². The summed E-state index contributed by atoms with van der Waals surface area (Å²) in [5, 5.41) is 49.0. The van der Waals surface area contributed by atoms with Gasteiger partial charge in [0.2, 0.25) is 7.29 Å². The van der Waals surface area contributed by atoms with Crippen molar-refractivity contribution in [3.8, 4) is 40.1 Å². The zero-order valence-corrected chi connectivity index (χ0v) is 87.9. The van der Waals surface area contributed by atoms with E-state index in [0.29, 0.717) is 11.6 Å². The van der Waals surface area contributed by atoms with Gasteiger partial charge in [0.25, 0.3) is 10.0 Å². The van der Waals surface area contributed by atoms with E-state index >= 15 is 0 Å². The fourth-order valence-corrected chi connectivity index (χ4v) is 36.4. The second-order valence-corrected chi connectivity index (χ2v) is 53.0. The lowest BCUT2D eigenvalue weighted by Crippen LogP contribution is -2.46. The fraction of sp³-hybridized carbons (Fsp3) is 0.0982. The van der Waals surface area contributed by atoms with Gasteiger partial charge in [-0.2, -0.15) is 27.1 Å². The summed E-state index contributed by atoms with van der Waals surface area (Å²) in [6.45, 7) is 6.68. The number of pyridine rings is 1. The van der Waals surface area contributed by atoms with Crippen LogP contribution < -0.4 is 81.1 Å². The van der Waals surface area contributed by atoms with Crippen LogP contribution in [0.3, 0.4) is 0 Å². The number of fused-ring (bicyclic) bond motifs is 6. The van der Waals surface area contributed by atoms with Crippen LogP contribution in [0.2, 0.25) is 0 Å². The molecule has 0 aliphatic carbocycles. The van der Waals surface area contributed by atoms with E-state index in [1.807, 2.05) is 182 Å². The zero-order chi connectivity index (χ0) is 104. The van der Waals surface area contributed by atoms with Crippen LogP contribution in [0.5, 0.6) is 11.5 Å². The van der Waals surface area contributed by atoms with Crippen molar-refractivity contribution in [1.29, 1.82) is 0 Å². The Kier molecular flexibility index (Phi) is 38.6. The minimum absolute atomic E-state index is 0. The van der Waals surface area contributed by atoms with Gasteiger partial charge in [-0.1, -0.05) is 325 Å². The van der Waals surface area contributed by atoms with Gasteiger partial charge in [0.15, 0.2) is 11.6 Å². The Morgan fingerprint density at radius 1 is 0.453 bits per heavy atom. The third kappa shape index (κ3) is 28.1. The highest BCUT2D eigenvalue weighted by Crippen LogP contribution is 2.59. The number of para-hydroxylation sites is 2. The minimum atomic E-state index is -6.36. The van der Waals surface area contributed by atoms with Crippen molar-refractivity contribution in [2.45, 2.75) is 53.3 Å². The Labute approximate surface area is 875 Å². The topological polar surface area (TPSA) is 307 Å². The second kappa shape index (κ2) is 50.7. The Morgan fingerprint density at radius 3 is 1.24 bits per heavy atom. The maximum absolute atomic E-state index is 14.7. The lowest BCUT2D eigenvalue weighted by atomic mass is 10.2. The first-order chi connectivity index (χ1) is 70.0. The number of nitrogens with zero attached hydrogens (tertiary/aromatic N) is 7. The number of hydrogen-bond donors (Lipinski definition) is 4. The standard InChI is InChI=1S/C25H23NOP2.C25H24NP2S.C22H16N2OS.C13H10N4.2C11H11NO2S.C3H4F5NO4S2.2CH4/c1-28(22-14-6-2-7-15-22,23-16-8-3-9-17-23)26-29(27,24-18-10-4-11-19-24)25-20-12-5-13-21-25;1-27(22-14-6-2-7-15-22,23-16-8-3-9-17-23)26-28(29,24-18-10-4-11-19-24)25-20-12-5-13-21-25;1-14(25)12-22-23-18-13-15(10-11-21(18)26-22)24-19-8-4-2-6-16(19)17-7-3-5-9-20(17)24;1-2-6-10(7-3-1)12-15-13(17-16-12)11-8-4-5-9-14-11;1-7(13)5-11-12-9-6-8(14-2)3-4-10(9)15-11;1-7(13)5-11-12-9-4-3-8(14-2)6-10(9)15-11;1-2(4,5)14(10,11)9-15(12,13)3(6,7)8;;/h2-21H,1H2,(H,26,27);2-21H,1H3,(H,26,29);2-13,25H,1H3;1-9H,(H,15,16,17);2*3-6,13H,1-2H3;9H,1H3;2*1H4/q;+1;;;;;;;/p-3/b;;14-12-;;2*7-5-;;;. The summed E-state index contributed by atoms with van der Waals surface area (Å²) in [7, 11) is -16.5. The van der Waals surface area contributed by atoms with Crippen molar-refractivity contribution >= 4 is 213 Å². The molecule has 36 heteroatoms. The molecule has 0 bridgehead atoms. The number of methoxy groups -OCH3 is 2. The monoisotopic (exact) mass is 2170 g/mol. The number of H-pyrrole nitrogens is 1. The molecule has 0 aliphatic heterocycles. The highest BCUT2D eigenvalue weighted by Gasteiger charge is 2.53. The zero-order valence-electron chi connectivity index (χ0n) is 79.4. The van der Waals surface area contributed by atoms with Crippen molar-refractivity contribution in [2.75, 3.05) is 20.9 Å². The van der Waals surface area contributed by atoms with Gasteiger partial charge in [-0.3, -0.25) is 14.6 Å². The van der Waals surface area contributed by atoms with E-state index in [4.69, 9.17) is 21.3 Å². The number of halogens is 5. The van der Waals surface area contributed by atoms with E-state index < -0.39 is 58.7 Å². The first-order valence-electron chi connectivity index (χ1n) is 44.8. The van der Waals surface area contributed by atoms with Gasteiger partial charge in [0, 0.05) is 69.5 Å². The Hall–Kier alpha value is -13.9. The van der Waals surface area contributed by atoms with Gasteiger partial charge < -0.3 is 29.4 Å². The van der Waals surface area contributed by atoms with Crippen molar-refractivity contribution in [3.05, 3.63) is 433 Å². The number of benzene rings is 14. The number of nitrogens with one attached hydrogen (secondary N) is 4. The van der Waals surface area contributed by atoms with Gasteiger partial charge >= 0.3 is 20.8 Å². The Balaban J connectivity index is 0.000000156. The molecule has 0 aliphatic rings. The van der Waals surface area contributed by atoms with Crippen LogP contribution in [0.1, 0.15) is 57.6 Å². The quantitative estimate of drug-likeness (QED) is 0.0263. The molecule has 0 saturated heterocycles. The van der Waals surface area contributed by atoms with Crippen LogP contribution in [0.25, 0.3) is 99.3 Å². The average molecular weight is 2180 g/mol. The molecule has 0 spiro atoms. The smallest absolute Gasteiger partial charge is 0.512 e. The predicted molar refractivity (Wildman–Crippen MR) is 607 cm³/mol. The van der Waals surface area contributed by atoms with Crippen molar-refractivity contribution < 1.29 is 68.1 Å². The maximum atomic E-state index is 14.7. The molecule has 20 aromatic rings. The first-order valence-corrected chi connectivity index (χ1v) is 58.9. The normalized spacial score (nSPS) is 12.0. The molecule has 0 fully saturated rings. The third-order valence-corrected chi connectivity index (χ3v) is 44.5. The number of aromatic amines is 1. The third-order valence-electron chi connectivity index (χ3n) is 21.9. The molecular weight excluding hydrogens is 2070 g/mol. The van der Waals surface area contributed by atoms with Crippen molar-refractivity contribution in [1.82, 2.24) is 53.5 Å². The van der Waals surface area contributed by atoms with Crippen LogP contribution in [-0.2, 0) is 36.4 Å². The van der Waals surface area contributed by atoms with Crippen molar-refractivity contribution in [3.63, 3.8) is 0 Å². The minimum Gasteiger partial charge on any atom is -0.876 e. The van der Waals surface area contributed by atoms with Crippen molar-refractivity contribution in [2.24, 2.45) is 0 Å². The fourth-order valence-electron chi connectivity index (χ4n) is 14.9. The summed E-state index contributed by atoms with van der Waals surface area (Å²) in [4.78, 5) is 29.6. The van der Waals surface area contributed by atoms with Gasteiger partial charge in [-0.15, -0.1) is 56.1 Å². The molecule has 0 saturated carbocycles. The lowest BCUT2D eigenvalue weighted by molar-refractivity contribution is -0.300. The van der Waals surface area contributed by atoms with Crippen LogP contribution >= 0.6 is 61.9 Å². The molecule has 0 amide bonds. The number of rotatable bonds is 23. The van der Waals surface area contributed by atoms with E-state index in [2.05, 4.69) is 275 Å². The van der Waals surface area contributed by atoms with E-state index in [-0.39, 0.29) is 43.2 Å². The van der Waals surface area contributed by atoms with Crippen LogP contribution in [0.4, 0.5) is 22.0 Å². The van der Waals surface area contributed by atoms with E-state index in [1.165, 1.54) is 91.7 Å². The number of thiazole rings is 3. The summed E-state index contributed by atoms with van der Waals surface area (Å²) >= 11 is 11.0. The van der Waals surface area contributed by atoms with Crippen LogP contribution in [0.15, 0.2) is 418 Å². The van der Waals surface area contributed by atoms with E-state index in [1.54, 1.807) is 44.8 Å². The second-order valence-electron chi connectivity index (χ2n) is 32.5. The van der Waals surface area contributed by atoms with Gasteiger partial charge in [-0.25, -0.2) is 41.6 Å². The SMILES string of the molecule is C.C.C/C([O-])=C/c1nc2cc(-n3c4ccccc4c4ccccc43)ccc2s1.C=P(NP(=O)(c1ccccc1)c1ccccc1)(c1ccccc1)c1ccccc1.CC(F)(F)S(=O)(=O)NS(=O)(=O)C(F)(F)F.COc1ccc2nc(/C=C(/C)[O-])sc2c1.COc1ccc2sc(/C=C(/C)[O-])nc2c1.C[P+](NP(=S)(c1ccccc1)c1ccccc1)(c1ccccc1)c1ccccc1.c1ccc(-c2n[nH]c(-c3ccccn3)n2)cc1. The number of allylic oxidation sites excluding steroid dienone is 3. The molecule has 14 aromatic carbocycles.